The van der Waals surface area contributed by atoms with Gasteiger partial charge in [0, 0.05) is 6.04 Å². The highest BCUT2D eigenvalue weighted by molar-refractivity contribution is 4.79. The zero-order valence-electron chi connectivity index (χ0n) is 7.97. The Balaban J connectivity index is 4.34. The van der Waals surface area contributed by atoms with Gasteiger partial charge < -0.3 is 10.8 Å². The molecule has 0 radical (unpaired) electrons. The van der Waals surface area contributed by atoms with Crippen LogP contribution >= 0.6 is 0 Å². The number of nitrogens with two attached hydrogens (primary N) is 1. The third-order valence-electron chi connectivity index (χ3n) is 2.38. The van der Waals surface area contributed by atoms with Gasteiger partial charge in [0.25, 0.3) is 0 Å². The summed E-state index contributed by atoms with van der Waals surface area (Å²) >= 11 is 0. The van der Waals surface area contributed by atoms with Gasteiger partial charge in [0.05, 0.1) is 12.0 Å². The Morgan fingerprint density at radius 2 is 1.54 bits per heavy atom. The van der Waals surface area contributed by atoms with E-state index in [-0.39, 0.29) is 0 Å². The van der Waals surface area contributed by atoms with E-state index >= 15 is 0 Å². The topological polar surface area (TPSA) is 46.2 Å². The van der Waals surface area contributed by atoms with E-state index in [2.05, 4.69) is 0 Å². The Hall–Kier alpha value is -0.290. The molecule has 0 spiro atoms. The molecule has 0 aliphatic carbocycles. The fourth-order valence-electron chi connectivity index (χ4n) is 1.07. The van der Waals surface area contributed by atoms with Crippen LogP contribution in [0, 0.1) is 11.8 Å². The van der Waals surface area contributed by atoms with Gasteiger partial charge in [-0.1, -0.05) is 13.8 Å². The van der Waals surface area contributed by atoms with E-state index < -0.39 is 30.2 Å². The van der Waals surface area contributed by atoms with Crippen LogP contribution in [0.15, 0.2) is 0 Å². The molecule has 0 rings (SSSR count). The minimum Gasteiger partial charge on any atom is -0.391 e. The van der Waals surface area contributed by atoms with Crippen molar-refractivity contribution in [2.75, 3.05) is 0 Å². The monoisotopic (exact) mass is 199 g/mol. The molecule has 0 bridgehead atoms. The van der Waals surface area contributed by atoms with Crippen LogP contribution in [0.5, 0.6) is 0 Å². The summed E-state index contributed by atoms with van der Waals surface area (Å²) in [6.07, 6.45) is -5.38. The van der Waals surface area contributed by atoms with E-state index in [1.165, 1.54) is 13.8 Å². The maximum atomic E-state index is 12.2. The average Bonchev–Trinajstić information content (AvgIpc) is 1.98. The molecule has 4 atom stereocenters. The lowest BCUT2D eigenvalue weighted by Gasteiger charge is -2.28. The lowest BCUT2D eigenvalue weighted by atomic mass is 9.87. The second-order valence-electron chi connectivity index (χ2n) is 3.54. The maximum absolute atomic E-state index is 12.2. The van der Waals surface area contributed by atoms with Gasteiger partial charge in [0.2, 0.25) is 0 Å². The summed E-state index contributed by atoms with van der Waals surface area (Å²) in [5.41, 5.74) is 5.30. The average molecular weight is 199 g/mol. The van der Waals surface area contributed by atoms with Crippen LogP contribution in [0.1, 0.15) is 20.8 Å². The molecule has 4 unspecified atom stereocenters. The summed E-state index contributed by atoms with van der Waals surface area (Å²) in [5, 5.41) is 9.30. The number of hydrogen-bond donors (Lipinski definition) is 2. The van der Waals surface area contributed by atoms with Crippen molar-refractivity contribution in [3.05, 3.63) is 0 Å². The normalized spacial score (nSPS) is 22.2. The van der Waals surface area contributed by atoms with Crippen molar-refractivity contribution >= 4 is 0 Å². The largest absolute Gasteiger partial charge is 0.391 e. The minimum atomic E-state index is -4.27. The molecule has 5 heteroatoms. The van der Waals surface area contributed by atoms with Crippen molar-refractivity contribution in [2.45, 2.75) is 39.1 Å². The molecular formula is C8H16F3NO. The molecule has 3 N–H and O–H groups in total. The van der Waals surface area contributed by atoms with Gasteiger partial charge in [-0.3, -0.25) is 0 Å². The van der Waals surface area contributed by atoms with Crippen LogP contribution in [0.25, 0.3) is 0 Å². The summed E-state index contributed by atoms with van der Waals surface area (Å²) in [4.78, 5) is 0. The standard InChI is InChI=1S/C8H16F3NO/c1-4(7(13)6(3)12)5(2)8(9,10)11/h4-7,13H,12H2,1-3H3. The van der Waals surface area contributed by atoms with Crippen LogP contribution in [-0.4, -0.2) is 23.4 Å². The first-order chi connectivity index (χ1) is 5.68. The zero-order chi connectivity index (χ0) is 10.8. The van der Waals surface area contributed by atoms with Gasteiger partial charge in [-0.2, -0.15) is 13.2 Å². The van der Waals surface area contributed by atoms with Crippen LogP contribution < -0.4 is 5.73 Å². The Morgan fingerprint density at radius 1 is 1.15 bits per heavy atom. The fraction of sp³-hybridized carbons (Fsp3) is 1.00. The van der Waals surface area contributed by atoms with Crippen molar-refractivity contribution in [3.8, 4) is 0 Å². The number of alkyl halides is 3. The van der Waals surface area contributed by atoms with Gasteiger partial charge >= 0.3 is 6.18 Å². The van der Waals surface area contributed by atoms with E-state index in [9.17, 15) is 18.3 Å². The second kappa shape index (κ2) is 4.28. The third-order valence-corrected chi connectivity index (χ3v) is 2.38. The fourth-order valence-corrected chi connectivity index (χ4v) is 1.07. The van der Waals surface area contributed by atoms with Crippen LogP contribution in [0.3, 0.4) is 0 Å². The Kier molecular flexibility index (Phi) is 4.19. The molecule has 0 aromatic carbocycles. The highest BCUT2D eigenvalue weighted by atomic mass is 19.4. The van der Waals surface area contributed by atoms with E-state index in [1.807, 2.05) is 0 Å². The van der Waals surface area contributed by atoms with Crippen molar-refractivity contribution in [3.63, 3.8) is 0 Å². The van der Waals surface area contributed by atoms with E-state index in [1.54, 1.807) is 0 Å². The molecule has 0 fully saturated rings. The molecule has 0 aliphatic heterocycles. The number of aliphatic hydroxyl groups is 1. The molecule has 2 nitrogen and oxygen atoms in total. The lowest BCUT2D eigenvalue weighted by molar-refractivity contribution is -0.191. The van der Waals surface area contributed by atoms with E-state index in [0.29, 0.717) is 0 Å². The molecule has 0 heterocycles. The number of aliphatic hydroxyl groups excluding tert-OH is 1. The first kappa shape index (κ1) is 12.7. The first-order valence-electron chi connectivity index (χ1n) is 4.18. The lowest BCUT2D eigenvalue weighted by Crippen LogP contribution is -2.42. The molecule has 13 heavy (non-hydrogen) atoms. The summed E-state index contributed by atoms with van der Waals surface area (Å²) in [5.74, 6) is -2.41. The van der Waals surface area contributed by atoms with Crippen molar-refractivity contribution < 1.29 is 18.3 Å². The van der Waals surface area contributed by atoms with Gasteiger partial charge in [-0.05, 0) is 12.8 Å². The van der Waals surface area contributed by atoms with Crippen LogP contribution in [0.2, 0.25) is 0 Å². The molecule has 80 valence electrons. The SMILES string of the molecule is CC(N)C(O)C(C)C(C)C(F)(F)F. The van der Waals surface area contributed by atoms with Crippen LogP contribution in [0.4, 0.5) is 13.2 Å². The molecular weight excluding hydrogens is 183 g/mol. The summed E-state index contributed by atoms with van der Waals surface area (Å²) in [6, 6.07) is -0.639. The number of halogens is 3. The molecule has 0 aliphatic rings. The number of rotatable bonds is 3. The van der Waals surface area contributed by atoms with E-state index in [0.717, 1.165) is 6.92 Å². The van der Waals surface area contributed by atoms with Gasteiger partial charge in [-0.25, -0.2) is 0 Å². The van der Waals surface area contributed by atoms with Crippen molar-refractivity contribution in [1.82, 2.24) is 0 Å². The smallest absolute Gasteiger partial charge is 0.391 e. The minimum absolute atomic E-state index is 0.639. The predicted octanol–water partition coefficient (Wildman–Crippen LogP) is 1.53. The molecule has 0 saturated carbocycles. The van der Waals surface area contributed by atoms with Gasteiger partial charge in [0.1, 0.15) is 0 Å². The Bertz CT molecular complexity index is 158. The highest BCUT2D eigenvalue weighted by Gasteiger charge is 2.42. The van der Waals surface area contributed by atoms with E-state index in [4.69, 9.17) is 5.73 Å². The van der Waals surface area contributed by atoms with Gasteiger partial charge in [-0.15, -0.1) is 0 Å². The van der Waals surface area contributed by atoms with Gasteiger partial charge in [0.15, 0.2) is 0 Å². The second-order valence-corrected chi connectivity index (χ2v) is 3.54. The molecule has 0 saturated heterocycles. The number of hydrogen-bond acceptors (Lipinski definition) is 2. The first-order valence-corrected chi connectivity index (χ1v) is 4.18. The van der Waals surface area contributed by atoms with Crippen molar-refractivity contribution in [1.29, 1.82) is 0 Å². The Morgan fingerprint density at radius 3 is 1.77 bits per heavy atom. The molecule has 0 aromatic heterocycles. The molecule has 0 aromatic rings. The van der Waals surface area contributed by atoms with Crippen LogP contribution in [-0.2, 0) is 0 Å². The third kappa shape index (κ3) is 3.52. The zero-order valence-corrected chi connectivity index (χ0v) is 7.97. The Labute approximate surface area is 75.9 Å². The summed E-state index contributed by atoms with van der Waals surface area (Å²) in [7, 11) is 0. The highest BCUT2D eigenvalue weighted by Crippen LogP contribution is 2.33. The summed E-state index contributed by atoms with van der Waals surface area (Å²) in [6.45, 7) is 3.90. The quantitative estimate of drug-likeness (QED) is 0.724. The maximum Gasteiger partial charge on any atom is 0.391 e. The predicted molar refractivity (Wildman–Crippen MR) is 44.0 cm³/mol. The van der Waals surface area contributed by atoms with Crippen molar-refractivity contribution in [2.24, 2.45) is 17.6 Å². The summed E-state index contributed by atoms with van der Waals surface area (Å²) < 4.78 is 36.5. The molecule has 0 amide bonds.